The van der Waals surface area contributed by atoms with Crippen molar-refractivity contribution in [2.24, 2.45) is 0 Å². The van der Waals surface area contributed by atoms with E-state index in [-0.39, 0.29) is 11.8 Å². The van der Waals surface area contributed by atoms with Crippen LogP contribution in [-0.4, -0.2) is 59.5 Å². The molecule has 0 aliphatic carbocycles. The van der Waals surface area contributed by atoms with Crippen LogP contribution in [0.5, 0.6) is 0 Å². The summed E-state index contributed by atoms with van der Waals surface area (Å²) in [6.07, 6.45) is 5.12. The third-order valence-electron chi connectivity index (χ3n) is 4.48. The third-order valence-corrected chi connectivity index (χ3v) is 6.61. The largest absolute Gasteiger partial charge is 0.290 e. The molecule has 6 nitrogen and oxygen atoms in total. The first-order chi connectivity index (χ1) is 12.0. The van der Waals surface area contributed by atoms with Gasteiger partial charge in [-0.05, 0) is 24.6 Å². The van der Waals surface area contributed by atoms with Crippen molar-refractivity contribution in [3.63, 3.8) is 0 Å². The van der Waals surface area contributed by atoms with Gasteiger partial charge in [-0.3, -0.25) is 4.90 Å². The monoisotopic (exact) mass is 380 g/mol. The van der Waals surface area contributed by atoms with Gasteiger partial charge in [0.05, 0.1) is 11.8 Å². The maximum atomic E-state index is 12.1. The molecule has 1 saturated heterocycles. The minimum absolute atomic E-state index is 0.0232. The Morgan fingerprint density at radius 2 is 1.64 bits per heavy atom. The Morgan fingerprint density at radius 3 is 2.20 bits per heavy atom. The van der Waals surface area contributed by atoms with Gasteiger partial charge in [0.2, 0.25) is 10.0 Å². The summed E-state index contributed by atoms with van der Waals surface area (Å²) in [5.41, 5.74) is 2.07. The number of nitrogens with zero attached hydrogens (tertiary/aromatic N) is 4. The van der Waals surface area contributed by atoms with E-state index in [9.17, 15) is 8.42 Å². The molecular weight excluding hydrogens is 360 g/mol. The van der Waals surface area contributed by atoms with Crippen molar-refractivity contribution in [2.45, 2.75) is 13.0 Å². The van der Waals surface area contributed by atoms with Crippen molar-refractivity contribution in [1.29, 1.82) is 0 Å². The molecular formula is C17H21ClN4O2S. The summed E-state index contributed by atoms with van der Waals surface area (Å²) in [4.78, 5) is 10.5. The lowest BCUT2D eigenvalue weighted by Crippen LogP contribution is -2.50. The van der Waals surface area contributed by atoms with Gasteiger partial charge in [0.1, 0.15) is 6.33 Å². The number of halogens is 1. The molecule has 2 aromatic rings. The molecule has 0 saturated carbocycles. The topological polar surface area (TPSA) is 66.4 Å². The van der Waals surface area contributed by atoms with Gasteiger partial charge < -0.3 is 0 Å². The Balaban J connectivity index is 1.85. The van der Waals surface area contributed by atoms with E-state index in [0.29, 0.717) is 31.2 Å². The molecule has 0 amide bonds. The number of rotatable bonds is 5. The van der Waals surface area contributed by atoms with E-state index in [0.717, 1.165) is 11.1 Å². The predicted octanol–water partition coefficient (Wildman–Crippen LogP) is 2.19. The Kier molecular flexibility index (Phi) is 5.68. The molecule has 1 aromatic heterocycles. The first-order valence-electron chi connectivity index (χ1n) is 8.23. The van der Waals surface area contributed by atoms with Gasteiger partial charge in [-0.15, -0.1) is 0 Å². The first kappa shape index (κ1) is 18.3. The van der Waals surface area contributed by atoms with E-state index in [4.69, 9.17) is 11.6 Å². The molecule has 1 fully saturated rings. The van der Waals surface area contributed by atoms with Gasteiger partial charge >= 0.3 is 0 Å². The van der Waals surface area contributed by atoms with Crippen molar-refractivity contribution in [1.82, 2.24) is 19.2 Å². The summed E-state index contributed by atoms with van der Waals surface area (Å²) in [6.45, 7) is 3.98. The molecule has 1 unspecified atom stereocenters. The standard InChI is InChI=1S/C17H21ClN4O2S/c1-2-25(23,24)22-9-7-21(8-10-22)17(15-11-19-13-20-12-15)14-3-5-16(18)6-4-14/h3-6,11-13,17H,2,7-10H2,1H3. The van der Waals surface area contributed by atoms with E-state index in [1.165, 1.54) is 6.33 Å². The maximum Gasteiger partial charge on any atom is 0.213 e. The highest BCUT2D eigenvalue weighted by atomic mass is 35.5. The van der Waals surface area contributed by atoms with Crippen molar-refractivity contribution < 1.29 is 8.42 Å². The number of piperazine rings is 1. The molecule has 8 heteroatoms. The summed E-state index contributed by atoms with van der Waals surface area (Å²) in [5, 5.41) is 0.686. The minimum Gasteiger partial charge on any atom is -0.290 e. The van der Waals surface area contributed by atoms with Crippen LogP contribution in [0.25, 0.3) is 0 Å². The van der Waals surface area contributed by atoms with Crippen LogP contribution in [0, 0.1) is 0 Å². The van der Waals surface area contributed by atoms with Gasteiger partial charge in [0.25, 0.3) is 0 Å². The normalized spacial score (nSPS) is 18.2. The van der Waals surface area contributed by atoms with Crippen LogP contribution in [-0.2, 0) is 10.0 Å². The number of hydrogen-bond acceptors (Lipinski definition) is 5. The number of hydrogen-bond donors (Lipinski definition) is 0. The van der Waals surface area contributed by atoms with E-state index in [1.54, 1.807) is 23.6 Å². The maximum absolute atomic E-state index is 12.1. The Morgan fingerprint density at radius 1 is 1.04 bits per heavy atom. The SMILES string of the molecule is CCS(=O)(=O)N1CCN(C(c2ccc(Cl)cc2)c2cncnc2)CC1. The average molecular weight is 381 g/mol. The summed E-state index contributed by atoms with van der Waals surface area (Å²) in [6, 6.07) is 7.70. The van der Waals surface area contributed by atoms with Gasteiger partial charge in [-0.25, -0.2) is 18.4 Å². The Bertz CT molecular complexity index is 791. The van der Waals surface area contributed by atoms with Crippen LogP contribution in [0.15, 0.2) is 43.0 Å². The molecule has 2 heterocycles. The molecule has 1 aromatic carbocycles. The van der Waals surface area contributed by atoms with Gasteiger partial charge in [0, 0.05) is 49.2 Å². The second kappa shape index (κ2) is 7.78. The molecule has 0 radical (unpaired) electrons. The zero-order valence-corrected chi connectivity index (χ0v) is 15.6. The predicted molar refractivity (Wildman–Crippen MR) is 97.9 cm³/mol. The van der Waals surface area contributed by atoms with E-state index in [1.807, 2.05) is 24.3 Å². The first-order valence-corrected chi connectivity index (χ1v) is 10.2. The van der Waals surface area contributed by atoms with Gasteiger partial charge in [-0.1, -0.05) is 23.7 Å². The Hall–Kier alpha value is -1.54. The van der Waals surface area contributed by atoms with E-state index >= 15 is 0 Å². The van der Waals surface area contributed by atoms with Crippen molar-refractivity contribution >= 4 is 21.6 Å². The molecule has 1 atom stereocenters. The van der Waals surface area contributed by atoms with Crippen LogP contribution in [0.2, 0.25) is 5.02 Å². The highest BCUT2D eigenvalue weighted by Gasteiger charge is 2.30. The number of aromatic nitrogens is 2. The highest BCUT2D eigenvalue weighted by Crippen LogP contribution is 2.30. The third kappa shape index (κ3) is 4.17. The van der Waals surface area contributed by atoms with Crippen molar-refractivity contribution in [2.75, 3.05) is 31.9 Å². The average Bonchev–Trinajstić information content (AvgIpc) is 2.65. The summed E-state index contributed by atoms with van der Waals surface area (Å²) >= 11 is 6.02. The van der Waals surface area contributed by atoms with Gasteiger partial charge in [-0.2, -0.15) is 4.31 Å². The lowest BCUT2D eigenvalue weighted by molar-refractivity contribution is 0.155. The molecule has 25 heavy (non-hydrogen) atoms. The van der Waals surface area contributed by atoms with Crippen LogP contribution in [0.3, 0.4) is 0 Å². The zero-order valence-electron chi connectivity index (χ0n) is 14.0. The van der Waals surface area contributed by atoms with Gasteiger partial charge in [0.15, 0.2) is 0 Å². The zero-order chi connectivity index (χ0) is 17.9. The Labute approximate surface area is 153 Å². The van der Waals surface area contributed by atoms with E-state index in [2.05, 4.69) is 14.9 Å². The van der Waals surface area contributed by atoms with Crippen LogP contribution < -0.4 is 0 Å². The lowest BCUT2D eigenvalue weighted by atomic mass is 9.99. The van der Waals surface area contributed by atoms with Crippen LogP contribution in [0.1, 0.15) is 24.1 Å². The smallest absolute Gasteiger partial charge is 0.213 e. The van der Waals surface area contributed by atoms with Crippen molar-refractivity contribution in [3.8, 4) is 0 Å². The fourth-order valence-electron chi connectivity index (χ4n) is 3.13. The quantitative estimate of drug-likeness (QED) is 0.795. The fourth-order valence-corrected chi connectivity index (χ4v) is 4.34. The second-order valence-corrected chi connectivity index (χ2v) is 8.66. The molecule has 1 aliphatic heterocycles. The highest BCUT2D eigenvalue weighted by molar-refractivity contribution is 7.89. The van der Waals surface area contributed by atoms with Crippen molar-refractivity contribution in [3.05, 3.63) is 59.1 Å². The summed E-state index contributed by atoms with van der Waals surface area (Å²) in [5.74, 6) is 0.139. The fraction of sp³-hybridized carbons (Fsp3) is 0.412. The molecule has 134 valence electrons. The number of benzene rings is 1. The number of sulfonamides is 1. The lowest BCUT2D eigenvalue weighted by Gasteiger charge is -2.38. The minimum atomic E-state index is -3.14. The summed E-state index contributed by atoms with van der Waals surface area (Å²) < 4.78 is 25.7. The molecule has 0 N–H and O–H groups in total. The second-order valence-electron chi connectivity index (χ2n) is 5.96. The van der Waals surface area contributed by atoms with Crippen LogP contribution in [0.4, 0.5) is 0 Å². The molecule has 0 spiro atoms. The molecule has 3 rings (SSSR count). The van der Waals surface area contributed by atoms with E-state index < -0.39 is 10.0 Å². The summed E-state index contributed by atoms with van der Waals surface area (Å²) in [7, 11) is -3.14. The van der Waals surface area contributed by atoms with Crippen LogP contribution >= 0.6 is 11.6 Å². The molecule has 0 bridgehead atoms. The molecule has 1 aliphatic rings.